The van der Waals surface area contributed by atoms with Crippen molar-refractivity contribution in [2.24, 2.45) is 11.8 Å². The zero-order valence-corrected chi connectivity index (χ0v) is 64.3. The van der Waals surface area contributed by atoms with Crippen LogP contribution in [0.1, 0.15) is 145 Å². The van der Waals surface area contributed by atoms with E-state index in [-0.39, 0.29) is 99.0 Å². The number of rotatable bonds is 16. The van der Waals surface area contributed by atoms with Crippen LogP contribution in [0.4, 0.5) is 112 Å². The number of halogens is 17. The fraction of sp³-hybridized carbons (Fsp3) is 0.405. The van der Waals surface area contributed by atoms with E-state index in [9.17, 15) is 85.0 Å². The lowest BCUT2D eigenvalue weighted by Gasteiger charge is -2.35. The average Bonchev–Trinajstić information content (AvgIpc) is 0.787. The molecular weight excluding hydrogens is 1630 g/mol. The van der Waals surface area contributed by atoms with Gasteiger partial charge in [-0.3, -0.25) is 19.2 Å². The molecule has 24 nitrogen and oxygen atoms in total. The van der Waals surface area contributed by atoms with Crippen LogP contribution in [0.2, 0.25) is 5.02 Å². The molecule has 0 aromatic carbocycles. The lowest BCUT2D eigenvalue weighted by atomic mass is 10.0. The minimum atomic E-state index is -4.90. The lowest BCUT2D eigenvalue weighted by molar-refractivity contribution is -0.155. The van der Waals surface area contributed by atoms with Gasteiger partial charge in [-0.2, -0.15) is 65.9 Å². The summed E-state index contributed by atoms with van der Waals surface area (Å²) in [6.07, 6.45) is -16.5. The Morgan fingerprint density at radius 3 is 1.12 bits per heavy atom. The van der Waals surface area contributed by atoms with Crippen molar-refractivity contribution < 1.29 is 96.4 Å². The van der Waals surface area contributed by atoms with Crippen LogP contribution < -0.4 is 63.8 Å². The fourth-order valence-electron chi connectivity index (χ4n) is 12.9. The Balaban J connectivity index is 0.000000804. The standard InChI is InChI=1S/C20H23BrF3N5O.C20H23ClF3N5O.C17H15F6N5O.C17H18F3N5O.8H2/c2*1-11(2)7-13-10-29(6-5-26-13)16-4-3-15(20(22,23)24)17(28-16)18(30)14-8-12(21)9-27-19(14)25;18-16(19,20)10-3-4-12(28-7-6-25-11(8-28)17(21,22)23)27-13(10)14(29)9-2-1-5-26-15(9)24;1-10-9-25(8-7-22-10)13-5-4-12(17(18,19)20)14(24-13)15(26)11-3-2-6-23-16(11)21;;;;;;;;/h2*3-4,8-9,11,13,26H,5-7,10H2,1-2H3,(H2,25,27);1-5,11,25H,6-8H2,(H2,24,26);2-6,10,22H,7-9H2,1H3,(H2,21,23);8*1H/t2*13-;;10-;;;;;;;;/m00.0......../s1. The normalized spacial score (nSPS) is 17.7. The third-order valence-corrected chi connectivity index (χ3v) is 18.9. The van der Waals surface area contributed by atoms with Gasteiger partial charge in [-0.25, -0.2) is 39.9 Å². The summed E-state index contributed by atoms with van der Waals surface area (Å²) in [6.45, 7) is 15.5. The maximum absolute atomic E-state index is 13.6. The largest absolute Gasteiger partial charge is 0.418 e. The van der Waals surface area contributed by atoms with Crippen molar-refractivity contribution in [3.8, 4) is 0 Å². The summed E-state index contributed by atoms with van der Waals surface area (Å²) in [7, 11) is 0. The van der Waals surface area contributed by atoms with Crippen LogP contribution in [-0.4, -0.2) is 172 Å². The van der Waals surface area contributed by atoms with Crippen LogP contribution in [0.15, 0.2) is 114 Å². The molecule has 4 atom stereocenters. The molecule has 634 valence electrons. The van der Waals surface area contributed by atoms with Crippen LogP contribution in [0.25, 0.3) is 0 Å². The van der Waals surface area contributed by atoms with Crippen molar-refractivity contribution in [2.75, 3.05) is 121 Å². The summed E-state index contributed by atoms with van der Waals surface area (Å²) in [5, 5.41) is 12.5. The number of alkyl halides is 15. The zero-order chi connectivity index (χ0) is 84.4. The SMILES string of the molecule is CC(C)C[C@H]1CN(c2ccc(C(F)(F)F)c(C(=O)c3cc(Br)cnc3N)n2)CCN1.CC(C)C[C@H]1CN(c2ccc(C(F)(F)F)c(C(=O)c3cc(Cl)cnc3N)n2)CCN1.C[C@H]1CN(c2ccc(C(F)(F)F)c(C(=O)c3cccnc3N)n2)CCN1.Nc1ncccc1C(=O)c1nc(N2CCNC(C(F)(F)F)C2)ccc1C(F)(F)F.[HH].[HH].[HH].[HH].[HH].[HH].[HH].[HH]. The smallest absolute Gasteiger partial charge is 0.383 e. The molecule has 0 amide bonds. The molecule has 8 aromatic rings. The number of hydrogen-bond donors (Lipinski definition) is 8. The molecule has 0 radical (unpaired) electrons. The van der Waals surface area contributed by atoms with E-state index in [2.05, 4.69) is 105 Å². The Kier molecular flexibility index (Phi) is 28.7. The van der Waals surface area contributed by atoms with Gasteiger partial charge in [-0.15, -0.1) is 0 Å². The van der Waals surface area contributed by atoms with Crippen molar-refractivity contribution in [1.29, 1.82) is 0 Å². The van der Waals surface area contributed by atoms with Crippen LogP contribution in [-0.2, 0) is 24.7 Å². The number of nitrogens with one attached hydrogen (secondary N) is 4. The Labute approximate surface area is 674 Å². The van der Waals surface area contributed by atoms with Gasteiger partial charge in [-0.1, -0.05) is 39.3 Å². The molecule has 0 spiro atoms. The predicted molar refractivity (Wildman–Crippen MR) is 422 cm³/mol. The minimum absolute atomic E-state index is 0. The van der Waals surface area contributed by atoms with Gasteiger partial charge >= 0.3 is 30.9 Å². The van der Waals surface area contributed by atoms with Gasteiger partial charge in [0.1, 0.15) is 75.4 Å². The van der Waals surface area contributed by atoms with Gasteiger partial charge < -0.3 is 63.8 Å². The number of pyridine rings is 8. The van der Waals surface area contributed by atoms with E-state index < -0.39 is 112 Å². The third kappa shape index (κ3) is 23.1. The maximum atomic E-state index is 13.6. The second-order valence-corrected chi connectivity index (χ2v) is 29.2. The Bertz CT molecular complexity index is 4680. The molecule has 8 aromatic heterocycles. The first-order valence-electron chi connectivity index (χ1n) is 35.6. The first-order valence-corrected chi connectivity index (χ1v) is 36.8. The number of nitrogen functional groups attached to an aromatic ring is 4. The van der Waals surface area contributed by atoms with Gasteiger partial charge in [-0.05, 0) is 132 Å². The summed E-state index contributed by atoms with van der Waals surface area (Å²) >= 11 is 9.03. The van der Waals surface area contributed by atoms with Gasteiger partial charge in [0.25, 0.3) is 0 Å². The highest BCUT2D eigenvalue weighted by atomic mass is 79.9. The van der Waals surface area contributed by atoms with Gasteiger partial charge in [0.05, 0.1) is 49.5 Å². The molecular formula is C74H95BrClF15N20O4. The molecule has 4 aliphatic rings. The summed E-state index contributed by atoms with van der Waals surface area (Å²) in [5.41, 5.74) is 14.4. The Morgan fingerprint density at radius 1 is 0.452 bits per heavy atom. The number of hydrogen-bond acceptors (Lipinski definition) is 24. The highest BCUT2D eigenvalue weighted by molar-refractivity contribution is 9.10. The van der Waals surface area contributed by atoms with Gasteiger partial charge in [0.2, 0.25) is 23.1 Å². The molecule has 1 unspecified atom stereocenters. The predicted octanol–water partition coefficient (Wildman–Crippen LogP) is 14.4. The van der Waals surface area contributed by atoms with E-state index in [0.717, 1.165) is 37.1 Å². The van der Waals surface area contributed by atoms with Crippen LogP contribution >= 0.6 is 27.5 Å². The van der Waals surface area contributed by atoms with Gasteiger partial charge in [0, 0.05) is 137 Å². The topological polar surface area (TPSA) is 337 Å². The van der Waals surface area contributed by atoms with E-state index >= 15 is 0 Å². The molecule has 4 saturated heterocycles. The molecule has 4 fully saturated rings. The number of anilines is 8. The number of aromatic nitrogens is 8. The quantitative estimate of drug-likeness (QED) is 0.0329. The summed E-state index contributed by atoms with van der Waals surface area (Å²) < 4.78 is 201. The molecule has 12 rings (SSSR count). The first-order chi connectivity index (χ1) is 53.9. The monoisotopic (exact) mass is 1730 g/mol. The highest BCUT2D eigenvalue weighted by Gasteiger charge is 2.45. The molecule has 12 N–H and O–H groups in total. The van der Waals surface area contributed by atoms with Crippen molar-refractivity contribution in [1.82, 2.24) is 61.1 Å². The molecule has 115 heavy (non-hydrogen) atoms. The lowest BCUT2D eigenvalue weighted by Crippen LogP contribution is -2.57. The minimum Gasteiger partial charge on any atom is -0.383 e. The van der Waals surface area contributed by atoms with E-state index in [4.69, 9.17) is 34.5 Å². The number of ketones is 4. The van der Waals surface area contributed by atoms with Crippen LogP contribution in [0, 0.1) is 11.8 Å². The highest BCUT2D eigenvalue weighted by Crippen LogP contribution is 2.40. The molecule has 41 heteroatoms. The Hall–Kier alpha value is -10.2. The van der Waals surface area contributed by atoms with Crippen molar-refractivity contribution in [3.63, 3.8) is 0 Å². The van der Waals surface area contributed by atoms with Crippen molar-refractivity contribution in [3.05, 3.63) is 186 Å². The van der Waals surface area contributed by atoms with E-state index in [0.29, 0.717) is 98.7 Å². The number of nitrogens with zero attached hydrogens (tertiary/aromatic N) is 12. The van der Waals surface area contributed by atoms with Crippen molar-refractivity contribution >= 4 is 97.2 Å². The average molecular weight is 1730 g/mol. The number of nitrogens with two attached hydrogens (primary N) is 4. The number of carbonyl (C=O) groups is 4. The van der Waals surface area contributed by atoms with E-state index in [1.54, 1.807) is 0 Å². The van der Waals surface area contributed by atoms with Crippen LogP contribution in [0.5, 0.6) is 0 Å². The van der Waals surface area contributed by atoms with E-state index in [1.165, 1.54) is 84.3 Å². The molecule has 0 bridgehead atoms. The van der Waals surface area contributed by atoms with E-state index in [1.807, 2.05) is 21.6 Å². The van der Waals surface area contributed by atoms with Gasteiger partial charge in [0.15, 0.2) is 0 Å². The third-order valence-electron chi connectivity index (χ3n) is 18.3. The zero-order valence-electron chi connectivity index (χ0n) is 62.0. The summed E-state index contributed by atoms with van der Waals surface area (Å²) in [4.78, 5) is 89.4. The second kappa shape index (κ2) is 37.2. The van der Waals surface area contributed by atoms with Crippen molar-refractivity contribution in [2.45, 2.75) is 103 Å². The second-order valence-electron chi connectivity index (χ2n) is 27.9. The fourth-order valence-corrected chi connectivity index (χ4v) is 13.4. The number of piperazine rings is 4. The molecule has 4 aliphatic heterocycles. The maximum Gasteiger partial charge on any atom is 0.418 e. The first kappa shape index (κ1) is 88.8. The molecule has 0 saturated carbocycles. The number of carbonyl (C=O) groups excluding carboxylic acids is 4. The summed E-state index contributed by atoms with van der Waals surface area (Å²) in [6, 6.07) is 14.7. The van der Waals surface area contributed by atoms with Crippen LogP contribution in [0.3, 0.4) is 0 Å². The molecule has 0 aliphatic carbocycles. The summed E-state index contributed by atoms with van der Waals surface area (Å²) in [5.74, 6) is -2.90. The Morgan fingerprint density at radius 2 is 0.774 bits per heavy atom. The molecule has 12 heterocycles.